The predicted molar refractivity (Wildman–Crippen MR) is 80.0 cm³/mol. The van der Waals surface area contributed by atoms with E-state index in [1.165, 1.54) is 0 Å². The highest BCUT2D eigenvalue weighted by Crippen LogP contribution is 2.31. The molecule has 2 atom stereocenters. The van der Waals surface area contributed by atoms with E-state index in [0.29, 0.717) is 18.1 Å². The monoisotopic (exact) mass is 304 g/mol. The summed E-state index contributed by atoms with van der Waals surface area (Å²) >= 11 is 0. The molecule has 0 spiro atoms. The number of carboxylic acid groups (broad SMARTS) is 1. The number of aromatic nitrogens is 2. The van der Waals surface area contributed by atoms with Gasteiger partial charge in [-0.3, -0.25) is 4.79 Å². The molecule has 1 aliphatic rings. The number of likely N-dealkylation sites (tertiary alicyclic amines) is 1. The lowest BCUT2D eigenvalue weighted by molar-refractivity contribution is -0.135. The van der Waals surface area contributed by atoms with Gasteiger partial charge in [0, 0.05) is 6.54 Å². The Morgan fingerprint density at radius 3 is 2.86 bits per heavy atom. The van der Waals surface area contributed by atoms with Crippen LogP contribution < -0.4 is 5.32 Å². The van der Waals surface area contributed by atoms with Gasteiger partial charge in [0.2, 0.25) is 5.91 Å². The van der Waals surface area contributed by atoms with Crippen LogP contribution in [0.3, 0.4) is 0 Å². The van der Waals surface area contributed by atoms with Gasteiger partial charge in [-0.25, -0.2) is 9.78 Å². The normalized spacial score (nSPS) is 19.0. The van der Waals surface area contributed by atoms with Gasteiger partial charge in [0.05, 0.1) is 12.2 Å². The average Bonchev–Trinajstić information content (AvgIpc) is 3.11. The van der Waals surface area contributed by atoms with Gasteiger partial charge in [0.1, 0.15) is 17.6 Å². The van der Waals surface area contributed by atoms with Crippen molar-refractivity contribution in [1.82, 2.24) is 20.2 Å². The zero-order chi connectivity index (χ0) is 16.3. The number of hydrogen-bond acceptors (Lipinski definition) is 3. The number of terminal acetylenes is 1. The summed E-state index contributed by atoms with van der Waals surface area (Å²) in [5.41, 5.74) is 0.568. The van der Waals surface area contributed by atoms with Gasteiger partial charge in [-0.1, -0.05) is 19.8 Å². The largest absolute Gasteiger partial charge is 0.465 e. The van der Waals surface area contributed by atoms with Crippen molar-refractivity contribution >= 4 is 12.0 Å². The maximum Gasteiger partial charge on any atom is 0.405 e. The maximum atomic E-state index is 12.7. The van der Waals surface area contributed by atoms with Crippen molar-refractivity contribution < 1.29 is 14.7 Å². The number of aromatic amines is 1. The molecule has 2 heterocycles. The molecule has 0 aliphatic carbocycles. The van der Waals surface area contributed by atoms with Gasteiger partial charge in [-0.15, -0.1) is 6.42 Å². The van der Waals surface area contributed by atoms with E-state index in [1.54, 1.807) is 11.1 Å². The first-order chi connectivity index (χ1) is 10.4. The first kappa shape index (κ1) is 15.9. The summed E-state index contributed by atoms with van der Waals surface area (Å²) in [7, 11) is 0. The lowest BCUT2D eigenvalue weighted by Gasteiger charge is -2.29. The Morgan fingerprint density at radius 1 is 1.59 bits per heavy atom. The fraction of sp³-hybridized carbons (Fsp3) is 0.533. The molecule has 2 rings (SSSR count). The molecule has 0 radical (unpaired) electrons. The van der Waals surface area contributed by atoms with E-state index in [1.807, 2.05) is 13.8 Å². The van der Waals surface area contributed by atoms with Gasteiger partial charge in [0.15, 0.2) is 0 Å². The molecule has 7 nitrogen and oxygen atoms in total. The van der Waals surface area contributed by atoms with Gasteiger partial charge in [-0.05, 0) is 18.8 Å². The number of H-pyrrole nitrogens is 1. The van der Waals surface area contributed by atoms with Crippen LogP contribution in [0, 0.1) is 18.3 Å². The van der Waals surface area contributed by atoms with Crippen molar-refractivity contribution in [3.63, 3.8) is 0 Å². The molecule has 0 unspecified atom stereocenters. The number of imidazole rings is 1. The van der Waals surface area contributed by atoms with Crippen LogP contribution in [0.4, 0.5) is 4.79 Å². The lowest BCUT2D eigenvalue weighted by Crippen LogP contribution is -2.50. The van der Waals surface area contributed by atoms with E-state index in [2.05, 4.69) is 21.2 Å². The zero-order valence-electron chi connectivity index (χ0n) is 12.7. The third-order valence-electron chi connectivity index (χ3n) is 3.81. The van der Waals surface area contributed by atoms with Crippen LogP contribution in [0.1, 0.15) is 44.2 Å². The van der Waals surface area contributed by atoms with Gasteiger partial charge < -0.3 is 20.3 Å². The molecule has 1 aromatic rings. The van der Waals surface area contributed by atoms with Crippen LogP contribution in [0.5, 0.6) is 0 Å². The van der Waals surface area contributed by atoms with Crippen LogP contribution in [0.15, 0.2) is 6.20 Å². The Balaban J connectivity index is 2.19. The minimum atomic E-state index is -1.20. The molecule has 1 aromatic heterocycles. The average molecular weight is 304 g/mol. The lowest BCUT2D eigenvalue weighted by atomic mass is 10.0. The van der Waals surface area contributed by atoms with Crippen molar-refractivity contribution in [3.05, 3.63) is 17.7 Å². The fourth-order valence-corrected chi connectivity index (χ4v) is 2.72. The van der Waals surface area contributed by atoms with Crippen LogP contribution in [-0.4, -0.2) is 44.6 Å². The Hall–Kier alpha value is -2.49. The maximum absolute atomic E-state index is 12.7. The molecule has 7 heteroatoms. The van der Waals surface area contributed by atoms with E-state index in [4.69, 9.17) is 11.5 Å². The SMILES string of the molecule is C#Cc1cnc([C@@H]2CCCN2C(=O)[C@@H](NC(=O)O)C(C)C)[nH]1. The summed E-state index contributed by atoms with van der Waals surface area (Å²) in [6.45, 7) is 4.21. The minimum absolute atomic E-state index is 0.136. The minimum Gasteiger partial charge on any atom is -0.465 e. The number of carbonyl (C=O) groups is 2. The highest BCUT2D eigenvalue weighted by molar-refractivity contribution is 5.86. The van der Waals surface area contributed by atoms with Crippen LogP contribution in [0.2, 0.25) is 0 Å². The Labute approximate surface area is 129 Å². The molecule has 118 valence electrons. The molecular formula is C15H20N4O3. The molecule has 1 saturated heterocycles. The highest BCUT2D eigenvalue weighted by Gasteiger charge is 2.37. The molecule has 0 aromatic carbocycles. The Morgan fingerprint density at radius 2 is 2.32 bits per heavy atom. The van der Waals surface area contributed by atoms with E-state index in [-0.39, 0.29) is 17.9 Å². The van der Waals surface area contributed by atoms with Gasteiger partial charge in [0.25, 0.3) is 0 Å². The third-order valence-corrected chi connectivity index (χ3v) is 3.81. The second-order valence-corrected chi connectivity index (χ2v) is 5.69. The van der Waals surface area contributed by atoms with E-state index < -0.39 is 12.1 Å². The summed E-state index contributed by atoms with van der Waals surface area (Å²) in [6.07, 6.45) is 7.31. The standard InChI is InChI=1S/C15H20N4O3/c1-4-10-8-16-13(17-10)11-6-5-7-19(11)14(20)12(9(2)3)18-15(21)22/h1,8-9,11-12,18H,5-7H2,2-3H3,(H,16,17)(H,21,22)/t11-,12-/m0/s1. The van der Waals surface area contributed by atoms with Gasteiger partial charge in [-0.2, -0.15) is 0 Å². The molecule has 0 saturated carbocycles. The number of rotatable bonds is 4. The summed E-state index contributed by atoms with van der Waals surface area (Å²) < 4.78 is 0. The number of nitrogens with one attached hydrogen (secondary N) is 2. The molecular weight excluding hydrogens is 284 g/mol. The third kappa shape index (κ3) is 3.22. The smallest absolute Gasteiger partial charge is 0.405 e. The first-order valence-corrected chi connectivity index (χ1v) is 7.25. The summed E-state index contributed by atoms with van der Waals surface area (Å²) in [4.78, 5) is 32.5. The number of amides is 2. The van der Waals surface area contributed by atoms with Crippen molar-refractivity contribution in [2.45, 2.75) is 38.8 Å². The van der Waals surface area contributed by atoms with Crippen LogP contribution >= 0.6 is 0 Å². The van der Waals surface area contributed by atoms with Crippen LogP contribution in [0.25, 0.3) is 0 Å². The quantitative estimate of drug-likeness (QED) is 0.731. The van der Waals surface area contributed by atoms with Crippen molar-refractivity contribution in [3.8, 4) is 12.3 Å². The van der Waals surface area contributed by atoms with Crippen molar-refractivity contribution in [2.75, 3.05) is 6.54 Å². The van der Waals surface area contributed by atoms with Gasteiger partial charge >= 0.3 is 6.09 Å². The van der Waals surface area contributed by atoms with E-state index >= 15 is 0 Å². The zero-order valence-corrected chi connectivity index (χ0v) is 12.7. The second-order valence-electron chi connectivity index (χ2n) is 5.69. The predicted octanol–water partition coefficient (Wildman–Crippen LogP) is 1.35. The Kier molecular flexibility index (Phi) is 4.71. The van der Waals surface area contributed by atoms with E-state index in [9.17, 15) is 9.59 Å². The topological polar surface area (TPSA) is 98.3 Å². The molecule has 22 heavy (non-hydrogen) atoms. The highest BCUT2D eigenvalue weighted by atomic mass is 16.4. The molecule has 1 fully saturated rings. The summed E-state index contributed by atoms with van der Waals surface area (Å²) in [5.74, 6) is 2.76. The molecule has 0 bridgehead atoms. The second kappa shape index (κ2) is 6.52. The van der Waals surface area contributed by atoms with Crippen molar-refractivity contribution in [2.24, 2.45) is 5.92 Å². The fourth-order valence-electron chi connectivity index (χ4n) is 2.72. The molecule has 3 N–H and O–H groups in total. The molecule has 2 amide bonds. The number of hydrogen-bond donors (Lipinski definition) is 3. The first-order valence-electron chi connectivity index (χ1n) is 7.25. The number of nitrogens with zero attached hydrogens (tertiary/aromatic N) is 2. The van der Waals surface area contributed by atoms with Crippen molar-refractivity contribution in [1.29, 1.82) is 0 Å². The van der Waals surface area contributed by atoms with Crippen LogP contribution in [-0.2, 0) is 4.79 Å². The Bertz CT molecular complexity index is 602. The number of carbonyl (C=O) groups excluding carboxylic acids is 1. The summed E-state index contributed by atoms with van der Waals surface area (Å²) in [5, 5.41) is 11.2. The van der Waals surface area contributed by atoms with E-state index in [0.717, 1.165) is 12.8 Å². The molecule has 1 aliphatic heterocycles. The summed E-state index contributed by atoms with van der Waals surface area (Å²) in [6, 6.07) is -0.952.